The highest BCUT2D eigenvalue weighted by Crippen LogP contribution is 2.11. The predicted octanol–water partition coefficient (Wildman–Crippen LogP) is 2.42. The van der Waals surface area contributed by atoms with Crippen LogP contribution >= 0.6 is 0 Å². The monoisotopic (exact) mass is 242 g/mol. The molecule has 0 N–H and O–H groups in total. The number of hydrogen-bond donors (Lipinski definition) is 0. The molecular formula is C14H14N2O2. The summed E-state index contributed by atoms with van der Waals surface area (Å²) in [6.07, 6.45) is 1.74. The molecule has 0 amide bonds. The topological polar surface area (TPSA) is 45.8 Å². The molecule has 0 fully saturated rings. The van der Waals surface area contributed by atoms with E-state index in [9.17, 15) is 4.79 Å². The van der Waals surface area contributed by atoms with Gasteiger partial charge in [0.1, 0.15) is 5.76 Å². The highest BCUT2D eigenvalue weighted by Gasteiger charge is 2.01. The fourth-order valence-corrected chi connectivity index (χ4v) is 1.53. The number of aryl methyl sites for hydroxylation is 1. The minimum Gasteiger partial charge on any atom is -0.428 e. The summed E-state index contributed by atoms with van der Waals surface area (Å²) in [5.41, 5.74) is 1.34. The van der Waals surface area contributed by atoms with Gasteiger partial charge in [0.05, 0.1) is 11.9 Å². The predicted molar refractivity (Wildman–Crippen MR) is 72.2 cm³/mol. The Morgan fingerprint density at radius 2 is 1.94 bits per heavy atom. The number of anilines is 1. The second-order valence-electron chi connectivity index (χ2n) is 3.92. The van der Waals surface area contributed by atoms with Gasteiger partial charge in [-0.2, -0.15) is 5.10 Å². The lowest BCUT2D eigenvalue weighted by molar-refractivity contribution is 0.480. The van der Waals surface area contributed by atoms with E-state index in [1.54, 1.807) is 31.3 Å². The number of nitrogens with zero attached hydrogens (tertiary/aromatic N) is 2. The lowest BCUT2D eigenvalue weighted by Crippen LogP contribution is -2.12. The maximum atomic E-state index is 11.2. The van der Waals surface area contributed by atoms with Crippen LogP contribution in [0, 0.1) is 6.92 Å². The summed E-state index contributed by atoms with van der Waals surface area (Å²) in [7, 11) is 1.79. The first-order chi connectivity index (χ1) is 8.65. The van der Waals surface area contributed by atoms with Crippen LogP contribution in [-0.4, -0.2) is 13.3 Å². The van der Waals surface area contributed by atoms with E-state index in [4.69, 9.17) is 4.42 Å². The summed E-state index contributed by atoms with van der Waals surface area (Å²) in [5.74, 6) is 0.569. The van der Waals surface area contributed by atoms with Gasteiger partial charge in [-0.15, -0.1) is 0 Å². The highest BCUT2D eigenvalue weighted by atomic mass is 16.4. The van der Waals surface area contributed by atoms with Crippen molar-refractivity contribution in [2.45, 2.75) is 6.92 Å². The van der Waals surface area contributed by atoms with Gasteiger partial charge in [0, 0.05) is 19.2 Å². The molecular weight excluding hydrogens is 228 g/mol. The van der Waals surface area contributed by atoms with Gasteiger partial charge in [-0.3, -0.25) is 5.01 Å². The Morgan fingerprint density at radius 3 is 2.61 bits per heavy atom. The van der Waals surface area contributed by atoms with Gasteiger partial charge in [-0.05, 0) is 12.5 Å². The van der Waals surface area contributed by atoms with Gasteiger partial charge in [-0.25, -0.2) is 4.79 Å². The molecule has 0 saturated heterocycles. The van der Waals surface area contributed by atoms with Crippen LogP contribution in [0.5, 0.6) is 0 Å². The Morgan fingerprint density at radius 1 is 1.22 bits per heavy atom. The Balaban J connectivity index is 2.19. The van der Waals surface area contributed by atoms with Gasteiger partial charge in [0.2, 0.25) is 0 Å². The summed E-state index contributed by atoms with van der Waals surface area (Å²) >= 11 is 0. The van der Waals surface area contributed by atoms with E-state index < -0.39 is 0 Å². The third-order valence-electron chi connectivity index (χ3n) is 2.43. The van der Waals surface area contributed by atoms with Crippen molar-refractivity contribution < 1.29 is 4.42 Å². The van der Waals surface area contributed by atoms with Crippen molar-refractivity contribution in [2.24, 2.45) is 5.10 Å². The molecule has 0 aliphatic rings. The molecule has 2 aromatic rings. The minimum atomic E-state index is -0.369. The average molecular weight is 242 g/mol. The number of benzene rings is 1. The second-order valence-corrected chi connectivity index (χ2v) is 3.92. The van der Waals surface area contributed by atoms with Crippen molar-refractivity contribution >= 4 is 11.9 Å². The molecule has 0 bridgehead atoms. The van der Waals surface area contributed by atoms with E-state index >= 15 is 0 Å². The first-order valence-corrected chi connectivity index (χ1v) is 5.60. The van der Waals surface area contributed by atoms with Crippen LogP contribution < -0.4 is 10.6 Å². The maximum absolute atomic E-state index is 11.2. The van der Waals surface area contributed by atoms with Gasteiger partial charge >= 0.3 is 5.63 Å². The van der Waals surface area contributed by atoms with Gasteiger partial charge in [0.15, 0.2) is 0 Å². The quantitative estimate of drug-likeness (QED) is 0.613. The van der Waals surface area contributed by atoms with Gasteiger partial charge in [0.25, 0.3) is 0 Å². The molecule has 0 radical (unpaired) electrons. The van der Waals surface area contributed by atoms with E-state index in [-0.39, 0.29) is 5.63 Å². The molecule has 2 rings (SSSR count). The zero-order chi connectivity index (χ0) is 13.0. The van der Waals surface area contributed by atoms with Crippen LogP contribution in [0.15, 0.2) is 56.8 Å². The Kier molecular flexibility index (Phi) is 3.57. The molecule has 1 aromatic carbocycles. The standard InChI is InChI=1S/C14H14N2O2/c1-11-8-13(9-14(17)18-11)16(2)15-10-12-6-4-3-5-7-12/h3-10H,1-2H3/b15-10+. The van der Waals surface area contributed by atoms with Gasteiger partial charge in [-0.1, -0.05) is 30.3 Å². The van der Waals surface area contributed by atoms with E-state index in [1.807, 2.05) is 30.3 Å². The van der Waals surface area contributed by atoms with Crippen LogP contribution in [0.3, 0.4) is 0 Å². The zero-order valence-corrected chi connectivity index (χ0v) is 10.3. The van der Waals surface area contributed by atoms with Crippen molar-refractivity contribution in [2.75, 3.05) is 12.1 Å². The summed E-state index contributed by atoms with van der Waals surface area (Å²) in [5, 5.41) is 5.91. The minimum absolute atomic E-state index is 0.369. The molecule has 0 atom stereocenters. The molecule has 0 saturated carbocycles. The van der Waals surface area contributed by atoms with Crippen LogP contribution in [-0.2, 0) is 0 Å². The molecule has 1 aromatic heterocycles. The normalized spacial score (nSPS) is 10.8. The Bertz CT molecular complexity index is 603. The third-order valence-corrected chi connectivity index (χ3v) is 2.43. The molecule has 18 heavy (non-hydrogen) atoms. The van der Waals surface area contributed by atoms with E-state index in [2.05, 4.69) is 5.10 Å². The van der Waals surface area contributed by atoms with E-state index in [0.29, 0.717) is 11.4 Å². The lowest BCUT2D eigenvalue weighted by atomic mass is 10.2. The fraction of sp³-hybridized carbons (Fsp3) is 0.143. The molecule has 0 spiro atoms. The van der Waals surface area contributed by atoms with Crippen molar-refractivity contribution in [3.8, 4) is 0 Å². The van der Waals surface area contributed by atoms with Crippen LogP contribution in [0.4, 0.5) is 5.69 Å². The van der Waals surface area contributed by atoms with Crippen LogP contribution in [0.1, 0.15) is 11.3 Å². The Hall–Kier alpha value is -2.36. The average Bonchev–Trinajstić information content (AvgIpc) is 2.36. The van der Waals surface area contributed by atoms with Crippen molar-refractivity contribution in [3.63, 3.8) is 0 Å². The highest BCUT2D eigenvalue weighted by molar-refractivity contribution is 5.80. The summed E-state index contributed by atoms with van der Waals surface area (Å²) in [6.45, 7) is 1.74. The summed E-state index contributed by atoms with van der Waals surface area (Å²) in [4.78, 5) is 11.2. The second kappa shape index (κ2) is 5.31. The van der Waals surface area contributed by atoms with Crippen LogP contribution in [0.25, 0.3) is 0 Å². The SMILES string of the molecule is Cc1cc(N(C)/N=C/c2ccccc2)cc(=O)o1. The van der Waals surface area contributed by atoms with Crippen LogP contribution in [0.2, 0.25) is 0 Å². The fourth-order valence-electron chi connectivity index (χ4n) is 1.53. The first kappa shape index (κ1) is 12.1. The molecule has 0 unspecified atom stereocenters. The van der Waals surface area contributed by atoms with Crippen molar-refractivity contribution in [1.82, 2.24) is 0 Å². The zero-order valence-electron chi connectivity index (χ0n) is 10.3. The lowest BCUT2D eigenvalue weighted by Gasteiger charge is -2.12. The van der Waals surface area contributed by atoms with Gasteiger partial charge < -0.3 is 4.42 Å². The van der Waals surface area contributed by atoms with Crippen molar-refractivity contribution in [1.29, 1.82) is 0 Å². The van der Waals surface area contributed by atoms with E-state index in [1.165, 1.54) is 6.07 Å². The molecule has 4 nitrogen and oxygen atoms in total. The molecule has 1 heterocycles. The molecule has 0 aliphatic carbocycles. The third kappa shape index (κ3) is 3.07. The Labute approximate surface area is 105 Å². The smallest absolute Gasteiger partial charge is 0.337 e. The van der Waals surface area contributed by atoms with E-state index in [0.717, 1.165) is 5.56 Å². The number of hydrazone groups is 1. The maximum Gasteiger partial charge on any atom is 0.337 e. The molecule has 0 aliphatic heterocycles. The first-order valence-electron chi connectivity index (χ1n) is 5.60. The summed E-state index contributed by atoms with van der Waals surface area (Å²) in [6, 6.07) is 12.9. The number of hydrogen-bond acceptors (Lipinski definition) is 4. The number of rotatable bonds is 3. The largest absolute Gasteiger partial charge is 0.428 e. The van der Waals surface area contributed by atoms with Crippen molar-refractivity contribution in [3.05, 3.63) is 64.2 Å². The molecule has 92 valence electrons. The molecule has 4 heteroatoms. The summed E-state index contributed by atoms with van der Waals surface area (Å²) < 4.78 is 4.90.